The van der Waals surface area contributed by atoms with E-state index in [-0.39, 0.29) is 55.4 Å². The molecule has 1 aromatic carbocycles. The van der Waals surface area contributed by atoms with Gasteiger partial charge in [0.1, 0.15) is 25.1 Å². The van der Waals surface area contributed by atoms with E-state index in [9.17, 15) is 19.2 Å². The van der Waals surface area contributed by atoms with Gasteiger partial charge >= 0.3 is 23.9 Å². The first-order valence-electron chi connectivity index (χ1n) is 12.5. The summed E-state index contributed by atoms with van der Waals surface area (Å²) >= 11 is 0. The Balaban J connectivity index is 1.80. The molecule has 0 bridgehead atoms. The van der Waals surface area contributed by atoms with Gasteiger partial charge in [-0.2, -0.15) is 5.10 Å². The zero-order valence-electron chi connectivity index (χ0n) is 22.1. The Morgan fingerprint density at radius 1 is 1.07 bits per heavy atom. The molecule has 1 unspecified atom stereocenters. The van der Waals surface area contributed by atoms with Gasteiger partial charge in [-0.1, -0.05) is 24.8 Å². The molecule has 1 heterocycles. The van der Waals surface area contributed by atoms with Gasteiger partial charge in [-0.25, -0.2) is 19.2 Å². The second kappa shape index (κ2) is 14.8. The topological polar surface area (TPSA) is 146 Å². The maximum absolute atomic E-state index is 13.0. The highest BCUT2D eigenvalue weighted by atomic mass is 16.5. The summed E-state index contributed by atoms with van der Waals surface area (Å²) in [5.41, 5.74) is 0.961. The van der Waals surface area contributed by atoms with Crippen molar-refractivity contribution in [3.05, 3.63) is 72.7 Å². The third-order valence-corrected chi connectivity index (χ3v) is 5.36. The van der Waals surface area contributed by atoms with Gasteiger partial charge in [0.15, 0.2) is 5.57 Å². The van der Waals surface area contributed by atoms with Gasteiger partial charge in [-0.3, -0.25) is 5.01 Å². The van der Waals surface area contributed by atoms with Gasteiger partial charge in [0, 0.05) is 12.8 Å². The molecule has 208 valence electrons. The van der Waals surface area contributed by atoms with Crippen LogP contribution in [0.3, 0.4) is 0 Å². The molecule has 40 heavy (non-hydrogen) atoms. The Kier molecular flexibility index (Phi) is 10.9. The second-order valence-electron chi connectivity index (χ2n) is 8.09. The smallest absolute Gasteiger partial charge is 0.398 e. The molecule has 2 aliphatic rings. The van der Waals surface area contributed by atoms with Crippen molar-refractivity contribution in [2.75, 3.05) is 31.4 Å². The average Bonchev–Trinajstić information content (AvgIpc) is 3.39. The third-order valence-electron chi connectivity index (χ3n) is 5.36. The van der Waals surface area contributed by atoms with Crippen LogP contribution in [0.2, 0.25) is 0 Å². The molecule has 1 aliphatic heterocycles. The minimum Gasteiger partial charge on any atom is -0.462 e. The summed E-state index contributed by atoms with van der Waals surface area (Å²) in [6, 6.07) is 5.94. The molecule has 1 aliphatic carbocycles. The molecule has 0 saturated heterocycles. The molecule has 3 rings (SSSR count). The predicted octanol–water partition coefficient (Wildman–Crippen LogP) is 2.76. The number of anilines is 1. The lowest BCUT2D eigenvalue weighted by atomic mass is 10.0. The standard InChI is InChI=1S/C28H29N4O8/c1-4-15-39-27(35)21-12-8-10-14-24(21)32-19(16-23(31-32)28(36)38-6-3)18-40-26(34)20-11-7-9-13-22(20)30-29-17-25(33)37-5-2/h4,7-14,17,19H,1,5-6,15-16,18H2,2-3H3/q+1/b29-17+,30-22+. The molecule has 12 nitrogen and oxygen atoms in total. The van der Waals surface area contributed by atoms with Crippen LogP contribution in [0.25, 0.3) is 0 Å². The van der Waals surface area contributed by atoms with Crippen LogP contribution < -0.4 is 5.01 Å². The van der Waals surface area contributed by atoms with E-state index in [4.69, 9.17) is 18.9 Å². The summed E-state index contributed by atoms with van der Waals surface area (Å²) in [6.45, 7) is 7.04. The van der Waals surface area contributed by atoms with Crippen LogP contribution in [0.15, 0.2) is 76.0 Å². The van der Waals surface area contributed by atoms with E-state index in [0.717, 1.165) is 6.21 Å². The Hall–Kier alpha value is -5.00. The lowest BCUT2D eigenvalue weighted by Crippen LogP contribution is -2.34. The van der Waals surface area contributed by atoms with Crippen molar-refractivity contribution in [2.45, 2.75) is 26.3 Å². The first-order valence-corrected chi connectivity index (χ1v) is 12.5. The van der Waals surface area contributed by atoms with Crippen molar-refractivity contribution in [1.29, 1.82) is 0 Å². The fourth-order valence-electron chi connectivity index (χ4n) is 3.64. The molecule has 0 fully saturated rings. The first-order chi connectivity index (χ1) is 19.4. The van der Waals surface area contributed by atoms with Crippen LogP contribution >= 0.6 is 0 Å². The molecule has 0 radical (unpaired) electrons. The quantitative estimate of drug-likeness (QED) is 0.0959. The number of para-hydroxylation sites is 1. The van der Waals surface area contributed by atoms with Crippen LogP contribution in [0.1, 0.15) is 30.6 Å². The monoisotopic (exact) mass is 549 g/mol. The molecular formula is C28H29N4O8+. The van der Waals surface area contributed by atoms with Crippen molar-refractivity contribution < 1.29 is 38.1 Å². The van der Waals surface area contributed by atoms with E-state index in [1.807, 2.05) is 0 Å². The number of hydrogen-bond donors (Lipinski definition) is 0. The summed E-state index contributed by atoms with van der Waals surface area (Å²) in [4.78, 5) is 49.7. The van der Waals surface area contributed by atoms with Crippen molar-refractivity contribution in [1.82, 2.24) is 0 Å². The third kappa shape index (κ3) is 7.76. The minimum atomic E-state index is -0.714. The summed E-state index contributed by atoms with van der Waals surface area (Å²) in [5, 5.41) is 13.4. The van der Waals surface area contributed by atoms with Crippen LogP contribution in [0.4, 0.5) is 5.69 Å². The molecule has 12 heteroatoms. The number of ether oxygens (including phenoxy) is 4. The van der Waals surface area contributed by atoms with Crippen molar-refractivity contribution in [3.8, 4) is 0 Å². The Morgan fingerprint density at radius 3 is 2.60 bits per heavy atom. The van der Waals surface area contributed by atoms with E-state index in [1.54, 1.807) is 50.6 Å². The summed E-state index contributed by atoms with van der Waals surface area (Å²) < 4.78 is 20.6. The Bertz CT molecular complexity index is 1290. The van der Waals surface area contributed by atoms with Gasteiger partial charge in [0.2, 0.25) is 5.71 Å². The maximum Gasteiger partial charge on any atom is 0.398 e. The lowest BCUT2D eigenvalue weighted by molar-refractivity contribution is -0.139. The molecule has 1 aromatic rings. The van der Waals surface area contributed by atoms with Crippen molar-refractivity contribution in [3.63, 3.8) is 0 Å². The van der Waals surface area contributed by atoms with Crippen LogP contribution in [-0.2, 0) is 33.3 Å². The normalized spacial score (nSPS) is 17.1. The number of hydrogen-bond acceptors (Lipinski definition) is 12. The number of nitrogens with zero attached hydrogens (tertiary/aromatic N) is 4. The predicted molar refractivity (Wildman–Crippen MR) is 147 cm³/mol. The van der Waals surface area contributed by atoms with Crippen LogP contribution in [0, 0.1) is 6.42 Å². The molecule has 0 N–H and O–H groups in total. The number of esters is 4. The van der Waals surface area contributed by atoms with Gasteiger partial charge in [0.25, 0.3) is 0 Å². The second-order valence-corrected chi connectivity index (χ2v) is 8.09. The Morgan fingerprint density at radius 2 is 1.85 bits per heavy atom. The van der Waals surface area contributed by atoms with Crippen molar-refractivity contribution in [2.24, 2.45) is 15.3 Å². The first kappa shape index (κ1) is 29.6. The van der Waals surface area contributed by atoms with Gasteiger partial charge in [-0.05, 0) is 26.0 Å². The molecule has 0 saturated carbocycles. The largest absolute Gasteiger partial charge is 0.462 e. The number of benzene rings is 1. The van der Waals surface area contributed by atoms with E-state index in [0.29, 0.717) is 5.69 Å². The number of rotatable bonds is 12. The fourth-order valence-corrected chi connectivity index (χ4v) is 3.64. The fraction of sp³-hybridized carbons (Fsp3) is 0.286. The van der Waals surface area contributed by atoms with Crippen LogP contribution in [0.5, 0.6) is 0 Å². The van der Waals surface area contributed by atoms with Crippen LogP contribution in [-0.4, -0.2) is 74.0 Å². The van der Waals surface area contributed by atoms with Gasteiger partial charge in [0.05, 0.1) is 48.7 Å². The molecule has 0 aromatic heterocycles. The van der Waals surface area contributed by atoms with E-state index < -0.39 is 29.9 Å². The number of carbonyl (C=O) groups excluding carboxylic acids is 4. The van der Waals surface area contributed by atoms with Gasteiger partial charge < -0.3 is 18.9 Å². The van der Waals surface area contributed by atoms with E-state index in [2.05, 4.69) is 21.9 Å². The maximum atomic E-state index is 13.0. The summed E-state index contributed by atoms with van der Waals surface area (Å²) in [7, 11) is 0. The number of hydrazone groups is 1. The summed E-state index contributed by atoms with van der Waals surface area (Å²) in [6.07, 6.45) is 8.75. The minimum absolute atomic E-state index is 0.0137. The Labute approximate surface area is 231 Å². The molecule has 1 atom stereocenters. The zero-order chi connectivity index (χ0) is 28.9. The lowest BCUT2D eigenvalue weighted by Gasteiger charge is -2.24. The number of allylic oxidation sites excluding steroid dienone is 3. The highest BCUT2D eigenvalue weighted by molar-refractivity contribution is 6.37. The van der Waals surface area contributed by atoms with Gasteiger partial charge in [-0.15, -0.1) is 10.2 Å². The molecular weight excluding hydrogens is 520 g/mol. The summed E-state index contributed by atoms with van der Waals surface area (Å²) in [5.74, 6) is -2.60. The average molecular weight is 550 g/mol. The van der Waals surface area contributed by atoms with E-state index in [1.165, 1.54) is 23.2 Å². The highest BCUT2D eigenvalue weighted by Crippen LogP contribution is 2.29. The molecule has 0 spiro atoms. The van der Waals surface area contributed by atoms with Crippen molar-refractivity contribution >= 4 is 47.2 Å². The molecule has 0 amide bonds. The van der Waals surface area contributed by atoms with E-state index >= 15 is 0 Å². The zero-order valence-corrected chi connectivity index (χ0v) is 22.1. The SMILES string of the molecule is C=CCOC(=O)c1ccccc1N1N=C(C(=O)OCC)CC1COC(=O)C1=C[CH+]C=C/C1=N\N=C\C(=O)OCC. The highest BCUT2D eigenvalue weighted by Gasteiger charge is 2.36. The number of carbonyl (C=O) groups is 4.